The Bertz CT molecular complexity index is 626. The van der Waals surface area contributed by atoms with E-state index in [1.165, 1.54) is 28.9 Å². The molecule has 0 unspecified atom stereocenters. The second-order valence-electron chi connectivity index (χ2n) is 3.98. The van der Waals surface area contributed by atoms with Crippen LogP contribution in [-0.2, 0) is 4.74 Å². The molecule has 106 valence electrons. The minimum absolute atomic E-state index is 0.0341. The third-order valence-corrected chi connectivity index (χ3v) is 2.59. The van der Waals surface area contributed by atoms with Crippen LogP contribution in [0.25, 0.3) is 5.69 Å². The number of halogens is 2. The van der Waals surface area contributed by atoms with Crippen molar-refractivity contribution in [3.63, 3.8) is 0 Å². The average Bonchev–Trinajstić information content (AvgIpc) is 2.81. The van der Waals surface area contributed by atoms with Crippen molar-refractivity contribution in [2.24, 2.45) is 0 Å². The van der Waals surface area contributed by atoms with E-state index in [-0.39, 0.29) is 23.7 Å². The van der Waals surface area contributed by atoms with Crippen LogP contribution < -0.4 is 5.73 Å². The molecule has 0 amide bonds. The molecule has 7 heteroatoms. The zero-order chi connectivity index (χ0) is 14.7. The minimum Gasteiger partial charge on any atom is -0.461 e. The molecular formula is C13H13F2N3O2. The fourth-order valence-electron chi connectivity index (χ4n) is 1.70. The number of ether oxygens (including phenoxy) is 1. The van der Waals surface area contributed by atoms with E-state index < -0.39 is 12.4 Å². The molecule has 0 bridgehead atoms. The number of nitrogens with two attached hydrogens (primary N) is 1. The molecule has 0 aliphatic carbocycles. The summed E-state index contributed by atoms with van der Waals surface area (Å²) >= 11 is 0. The van der Waals surface area contributed by atoms with Crippen LogP contribution >= 0.6 is 0 Å². The first kappa shape index (κ1) is 14.0. The van der Waals surface area contributed by atoms with Gasteiger partial charge < -0.3 is 10.5 Å². The molecule has 1 aromatic heterocycles. The quantitative estimate of drug-likeness (QED) is 0.874. The van der Waals surface area contributed by atoms with Gasteiger partial charge in [-0.05, 0) is 19.1 Å². The predicted octanol–water partition coefficient (Wildman–Crippen LogP) is 2.57. The molecule has 2 aromatic rings. The summed E-state index contributed by atoms with van der Waals surface area (Å²) in [5.74, 6) is -0.442. The molecule has 0 radical (unpaired) electrons. The van der Waals surface area contributed by atoms with Gasteiger partial charge in [0.05, 0.1) is 12.3 Å². The Morgan fingerprint density at radius 1 is 1.45 bits per heavy atom. The minimum atomic E-state index is -2.59. The van der Waals surface area contributed by atoms with E-state index in [1.54, 1.807) is 13.0 Å². The highest BCUT2D eigenvalue weighted by atomic mass is 19.3. The first-order valence-electron chi connectivity index (χ1n) is 5.94. The molecule has 0 atom stereocenters. The van der Waals surface area contributed by atoms with Crippen LogP contribution in [-0.4, -0.2) is 22.4 Å². The van der Waals surface area contributed by atoms with Crippen molar-refractivity contribution < 1.29 is 18.3 Å². The van der Waals surface area contributed by atoms with Gasteiger partial charge in [-0.15, -0.1) is 0 Å². The highest BCUT2D eigenvalue weighted by Crippen LogP contribution is 2.22. The lowest BCUT2D eigenvalue weighted by atomic mass is 10.2. The Kier molecular flexibility index (Phi) is 3.97. The summed E-state index contributed by atoms with van der Waals surface area (Å²) in [4.78, 5) is 11.5. The van der Waals surface area contributed by atoms with Gasteiger partial charge in [0, 0.05) is 11.6 Å². The number of nitrogens with zero attached hydrogens (tertiary/aromatic N) is 2. The topological polar surface area (TPSA) is 70.1 Å². The van der Waals surface area contributed by atoms with Crippen LogP contribution in [0.5, 0.6) is 0 Å². The maximum atomic E-state index is 12.7. The van der Waals surface area contributed by atoms with Crippen molar-refractivity contribution in [3.05, 3.63) is 41.6 Å². The number of benzene rings is 1. The number of anilines is 1. The molecule has 1 aromatic carbocycles. The van der Waals surface area contributed by atoms with Crippen LogP contribution in [0.15, 0.2) is 30.3 Å². The second kappa shape index (κ2) is 5.68. The highest BCUT2D eigenvalue weighted by molar-refractivity contribution is 5.88. The number of carbonyl (C=O) groups is 1. The van der Waals surface area contributed by atoms with Crippen molar-refractivity contribution in [3.8, 4) is 5.69 Å². The molecule has 0 aliphatic rings. The number of hydrogen-bond donors (Lipinski definition) is 1. The molecule has 5 nitrogen and oxygen atoms in total. The van der Waals surface area contributed by atoms with Gasteiger partial charge in [0.15, 0.2) is 5.69 Å². The third-order valence-electron chi connectivity index (χ3n) is 2.59. The van der Waals surface area contributed by atoms with Gasteiger partial charge in [-0.3, -0.25) is 0 Å². The number of nitrogen functional groups attached to an aromatic ring is 1. The zero-order valence-electron chi connectivity index (χ0n) is 10.7. The number of rotatable bonds is 4. The smallest absolute Gasteiger partial charge is 0.358 e. The lowest BCUT2D eigenvalue weighted by Gasteiger charge is -2.06. The Hall–Kier alpha value is -2.44. The summed E-state index contributed by atoms with van der Waals surface area (Å²) in [6.07, 6.45) is -2.59. The Morgan fingerprint density at radius 3 is 2.85 bits per heavy atom. The first-order valence-corrected chi connectivity index (χ1v) is 5.94. The van der Waals surface area contributed by atoms with E-state index in [1.807, 2.05) is 0 Å². The van der Waals surface area contributed by atoms with Gasteiger partial charge in [-0.1, -0.05) is 12.1 Å². The summed E-state index contributed by atoms with van der Waals surface area (Å²) in [6.45, 7) is 1.89. The monoisotopic (exact) mass is 281 g/mol. The van der Waals surface area contributed by atoms with E-state index in [9.17, 15) is 13.6 Å². The van der Waals surface area contributed by atoms with Crippen molar-refractivity contribution in [2.75, 3.05) is 12.3 Å². The summed E-state index contributed by atoms with van der Waals surface area (Å²) in [7, 11) is 0. The second-order valence-corrected chi connectivity index (χ2v) is 3.98. The van der Waals surface area contributed by atoms with Crippen molar-refractivity contribution >= 4 is 11.8 Å². The van der Waals surface area contributed by atoms with E-state index >= 15 is 0 Å². The molecule has 0 spiro atoms. The van der Waals surface area contributed by atoms with Crippen LogP contribution in [0.2, 0.25) is 0 Å². The van der Waals surface area contributed by atoms with Gasteiger partial charge in [-0.2, -0.15) is 5.10 Å². The standard InChI is InChI=1S/C13H13F2N3O2/c1-2-20-13(19)10-7-11(16)18(17-10)9-5-3-4-8(6-9)12(14)15/h3-7,12H,2,16H2,1H3. The maximum absolute atomic E-state index is 12.7. The fourth-order valence-corrected chi connectivity index (χ4v) is 1.70. The van der Waals surface area contributed by atoms with Crippen molar-refractivity contribution in [2.45, 2.75) is 13.3 Å². The Balaban J connectivity index is 2.38. The molecular weight excluding hydrogens is 268 g/mol. The van der Waals surface area contributed by atoms with E-state index in [0.29, 0.717) is 5.69 Å². The van der Waals surface area contributed by atoms with Crippen molar-refractivity contribution in [1.29, 1.82) is 0 Å². The van der Waals surface area contributed by atoms with Crippen molar-refractivity contribution in [1.82, 2.24) is 9.78 Å². The van der Waals surface area contributed by atoms with Gasteiger partial charge in [0.2, 0.25) is 0 Å². The average molecular weight is 281 g/mol. The summed E-state index contributed by atoms with van der Waals surface area (Å²) < 4.78 is 31.3. The van der Waals surface area contributed by atoms with Crippen LogP contribution in [0.3, 0.4) is 0 Å². The lowest BCUT2D eigenvalue weighted by Crippen LogP contribution is -2.07. The van der Waals surface area contributed by atoms with Gasteiger partial charge in [-0.25, -0.2) is 18.3 Å². The summed E-state index contributed by atoms with van der Waals surface area (Å²) in [5.41, 5.74) is 5.99. The van der Waals surface area contributed by atoms with Crippen LogP contribution in [0, 0.1) is 0 Å². The lowest BCUT2D eigenvalue weighted by molar-refractivity contribution is 0.0519. The van der Waals surface area contributed by atoms with Crippen LogP contribution in [0.4, 0.5) is 14.6 Å². The molecule has 0 fully saturated rings. The predicted molar refractivity (Wildman–Crippen MR) is 68.9 cm³/mol. The largest absolute Gasteiger partial charge is 0.461 e. The zero-order valence-corrected chi connectivity index (χ0v) is 10.7. The van der Waals surface area contributed by atoms with E-state index in [0.717, 1.165) is 0 Å². The molecule has 1 heterocycles. The number of hydrogen-bond acceptors (Lipinski definition) is 4. The third kappa shape index (κ3) is 2.76. The Labute approximate surface area is 114 Å². The number of carbonyl (C=O) groups excluding carboxylic acids is 1. The number of alkyl halides is 2. The molecule has 2 rings (SSSR count). The SMILES string of the molecule is CCOC(=O)c1cc(N)n(-c2cccc(C(F)F)c2)n1. The number of esters is 1. The number of aromatic nitrogens is 2. The van der Waals surface area contributed by atoms with Gasteiger partial charge >= 0.3 is 5.97 Å². The van der Waals surface area contributed by atoms with Gasteiger partial charge in [0.25, 0.3) is 6.43 Å². The molecule has 2 N–H and O–H groups in total. The Morgan fingerprint density at radius 2 is 2.20 bits per heavy atom. The maximum Gasteiger partial charge on any atom is 0.358 e. The first-order chi connectivity index (χ1) is 9.52. The fraction of sp³-hybridized carbons (Fsp3) is 0.231. The molecule has 0 saturated carbocycles. The summed E-state index contributed by atoms with van der Waals surface area (Å²) in [6, 6.07) is 6.96. The molecule has 20 heavy (non-hydrogen) atoms. The van der Waals surface area contributed by atoms with Crippen LogP contribution in [0.1, 0.15) is 29.4 Å². The molecule has 0 saturated heterocycles. The highest BCUT2D eigenvalue weighted by Gasteiger charge is 2.15. The summed E-state index contributed by atoms with van der Waals surface area (Å²) in [5, 5.41) is 3.97. The molecule has 0 aliphatic heterocycles. The van der Waals surface area contributed by atoms with Gasteiger partial charge in [0.1, 0.15) is 5.82 Å². The normalized spacial score (nSPS) is 10.8. The van der Waals surface area contributed by atoms with E-state index in [2.05, 4.69) is 5.10 Å². The van der Waals surface area contributed by atoms with E-state index in [4.69, 9.17) is 10.5 Å².